The molecule has 2 rings (SSSR count). The van der Waals surface area contributed by atoms with Crippen molar-refractivity contribution >= 4 is 28.2 Å². The molecule has 118 valence electrons. The average Bonchev–Trinajstić information content (AvgIpc) is 2.45. The van der Waals surface area contributed by atoms with E-state index >= 15 is 0 Å². The molecule has 0 saturated carbocycles. The lowest BCUT2D eigenvalue weighted by molar-refractivity contribution is -0.130. The molecule has 5 nitrogen and oxygen atoms in total. The summed E-state index contributed by atoms with van der Waals surface area (Å²) in [5.74, 6) is 0.114. The second-order valence-electron chi connectivity index (χ2n) is 5.05. The second kappa shape index (κ2) is 7.77. The smallest absolute Gasteiger partial charge is 0.236 e. The summed E-state index contributed by atoms with van der Waals surface area (Å²) in [6, 6.07) is 9.99. The van der Waals surface area contributed by atoms with E-state index in [1.54, 1.807) is 4.90 Å². The van der Waals surface area contributed by atoms with Crippen molar-refractivity contribution in [3.63, 3.8) is 0 Å². The van der Waals surface area contributed by atoms with Gasteiger partial charge in [0.15, 0.2) is 9.84 Å². The third kappa shape index (κ3) is 5.30. The van der Waals surface area contributed by atoms with Gasteiger partial charge in [-0.2, -0.15) is 0 Å². The third-order valence-corrected chi connectivity index (χ3v) is 5.17. The van der Waals surface area contributed by atoms with E-state index in [1.165, 1.54) is 0 Å². The molecule has 0 spiro atoms. The summed E-state index contributed by atoms with van der Waals surface area (Å²) < 4.78 is 22.6. The Morgan fingerprint density at radius 2 is 1.81 bits per heavy atom. The van der Waals surface area contributed by atoms with Crippen LogP contribution < -0.4 is 5.32 Å². The van der Waals surface area contributed by atoms with Crippen molar-refractivity contribution in [2.75, 3.05) is 31.1 Å². The molecule has 7 heteroatoms. The molecule has 1 aromatic carbocycles. The van der Waals surface area contributed by atoms with Crippen molar-refractivity contribution in [3.8, 4) is 0 Å². The molecule has 1 aliphatic heterocycles. The molecule has 0 unspecified atom stereocenters. The number of benzene rings is 1. The van der Waals surface area contributed by atoms with Gasteiger partial charge in [-0.05, 0) is 12.5 Å². The van der Waals surface area contributed by atoms with Crippen molar-refractivity contribution in [1.29, 1.82) is 0 Å². The highest BCUT2D eigenvalue weighted by atomic mass is 35.5. The number of nitrogens with one attached hydrogen (secondary N) is 1. The summed E-state index contributed by atoms with van der Waals surface area (Å²) in [5, 5.41) is 3.18. The predicted molar refractivity (Wildman–Crippen MR) is 85.3 cm³/mol. The zero-order valence-electron chi connectivity index (χ0n) is 12.0. The molecule has 0 aromatic heterocycles. The van der Waals surface area contributed by atoms with Gasteiger partial charge in [-0.15, -0.1) is 12.4 Å². The van der Waals surface area contributed by atoms with Crippen LogP contribution in [0.2, 0.25) is 0 Å². The molecule has 0 aliphatic carbocycles. The molecule has 1 N–H and O–H groups in total. The van der Waals surface area contributed by atoms with Gasteiger partial charge in [0.2, 0.25) is 5.91 Å². The summed E-state index contributed by atoms with van der Waals surface area (Å²) in [6.07, 6.45) is 0. The molecule has 0 bridgehead atoms. The Bertz CT molecular complexity index is 549. The van der Waals surface area contributed by atoms with Crippen LogP contribution in [0.1, 0.15) is 18.5 Å². The van der Waals surface area contributed by atoms with Crippen LogP contribution in [0.5, 0.6) is 0 Å². The highest BCUT2D eigenvalue weighted by molar-refractivity contribution is 7.91. The van der Waals surface area contributed by atoms with Gasteiger partial charge in [0, 0.05) is 19.1 Å². The molecule has 0 radical (unpaired) electrons. The molecule has 1 aromatic rings. The Balaban J connectivity index is 0.00000220. The summed E-state index contributed by atoms with van der Waals surface area (Å²) in [5.41, 5.74) is 1.13. The quantitative estimate of drug-likeness (QED) is 0.894. The SMILES string of the molecule is C[C@H](NCC(=O)N1CCS(=O)(=O)CC1)c1ccccc1.Cl. The fourth-order valence-electron chi connectivity index (χ4n) is 2.17. The zero-order chi connectivity index (χ0) is 14.6. The lowest BCUT2D eigenvalue weighted by Gasteiger charge is -2.27. The molecule has 1 aliphatic rings. The molecule has 1 saturated heterocycles. The van der Waals surface area contributed by atoms with Crippen LogP contribution in [0.15, 0.2) is 30.3 Å². The normalized spacial score (nSPS) is 18.6. The molecule has 1 atom stereocenters. The fourth-order valence-corrected chi connectivity index (χ4v) is 3.37. The van der Waals surface area contributed by atoms with E-state index in [0.717, 1.165) is 5.56 Å². The van der Waals surface area contributed by atoms with E-state index in [1.807, 2.05) is 37.3 Å². The van der Waals surface area contributed by atoms with Gasteiger partial charge in [-0.1, -0.05) is 30.3 Å². The van der Waals surface area contributed by atoms with Crippen LogP contribution in [-0.2, 0) is 14.6 Å². The van der Waals surface area contributed by atoms with E-state index in [0.29, 0.717) is 13.1 Å². The fraction of sp³-hybridized carbons (Fsp3) is 0.500. The highest BCUT2D eigenvalue weighted by Gasteiger charge is 2.24. The number of carbonyl (C=O) groups is 1. The Labute approximate surface area is 132 Å². The van der Waals surface area contributed by atoms with E-state index in [-0.39, 0.29) is 42.4 Å². The van der Waals surface area contributed by atoms with Gasteiger partial charge in [0.1, 0.15) is 0 Å². The number of nitrogens with zero attached hydrogens (tertiary/aromatic N) is 1. The minimum atomic E-state index is -2.94. The van der Waals surface area contributed by atoms with Gasteiger partial charge in [0.05, 0.1) is 18.1 Å². The van der Waals surface area contributed by atoms with Gasteiger partial charge in [0.25, 0.3) is 0 Å². The first-order chi connectivity index (χ1) is 9.48. The van der Waals surface area contributed by atoms with E-state index in [4.69, 9.17) is 0 Å². The van der Waals surface area contributed by atoms with Crippen LogP contribution in [-0.4, -0.2) is 50.4 Å². The topological polar surface area (TPSA) is 66.5 Å². The van der Waals surface area contributed by atoms with Crippen molar-refractivity contribution in [1.82, 2.24) is 10.2 Å². The Morgan fingerprint density at radius 1 is 1.24 bits per heavy atom. The number of sulfone groups is 1. The number of hydrogen-bond donors (Lipinski definition) is 1. The first-order valence-electron chi connectivity index (χ1n) is 6.74. The van der Waals surface area contributed by atoms with E-state index < -0.39 is 9.84 Å². The van der Waals surface area contributed by atoms with Gasteiger partial charge in [-0.3, -0.25) is 4.79 Å². The van der Waals surface area contributed by atoms with Crippen molar-refractivity contribution in [2.24, 2.45) is 0 Å². The average molecular weight is 333 g/mol. The van der Waals surface area contributed by atoms with Crippen LogP contribution in [0.25, 0.3) is 0 Å². The molecule has 1 amide bonds. The number of halogens is 1. The number of rotatable bonds is 4. The van der Waals surface area contributed by atoms with Crippen LogP contribution in [0.3, 0.4) is 0 Å². The summed E-state index contributed by atoms with van der Waals surface area (Å²) >= 11 is 0. The monoisotopic (exact) mass is 332 g/mol. The molecular weight excluding hydrogens is 312 g/mol. The van der Waals surface area contributed by atoms with Crippen molar-refractivity contribution in [3.05, 3.63) is 35.9 Å². The van der Waals surface area contributed by atoms with Gasteiger partial charge >= 0.3 is 0 Å². The Hall–Kier alpha value is -1.11. The van der Waals surface area contributed by atoms with Crippen molar-refractivity contribution < 1.29 is 13.2 Å². The predicted octanol–water partition coefficient (Wildman–Crippen LogP) is 1.02. The summed E-state index contributed by atoms with van der Waals surface area (Å²) in [7, 11) is -2.94. The van der Waals surface area contributed by atoms with Gasteiger partial charge in [-0.25, -0.2) is 8.42 Å². The van der Waals surface area contributed by atoms with Crippen LogP contribution in [0.4, 0.5) is 0 Å². The maximum absolute atomic E-state index is 12.0. The standard InChI is InChI=1S/C14H20N2O3S.ClH/c1-12(13-5-3-2-4-6-13)15-11-14(17)16-7-9-20(18,19)10-8-16;/h2-6,12,15H,7-11H2,1H3;1H/t12-;/m0./s1. The van der Waals surface area contributed by atoms with E-state index in [9.17, 15) is 13.2 Å². The van der Waals surface area contributed by atoms with Crippen molar-refractivity contribution in [2.45, 2.75) is 13.0 Å². The zero-order valence-corrected chi connectivity index (χ0v) is 13.6. The molecule has 1 heterocycles. The molecule has 21 heavy (non-hydrogen) atoms. The van der Waals surface area contributed by atoms with Crippen LogP contribution in [0, 0.1) is 0 Å². The lowest BCUT2D eigenvalue weighted by atomic mass is 10.1. The second-order valence-corrected chi connectivity index (χ2v) is 7.35. The minimum absolute atomic E-state index is 0. The first kappa shape index (κ1) is 17.9. The third-order valence-electron chi connectivity index (χ3n) is 3.56. The van der Waals surface area contributed by atoms with Crippen LogP contribution >= 0.6 is 12.4 Å². The lowest BCUT2D eigenvalue weighted by Crippen LogP contribution is -2.47. The summed E-state index contributed by atoms with van der Waals surface area (Å²) in [6.45, 7) is 2.85. The minimum Gasteiger partial charge on any atom is -0.340 e. The van der Waals surface area contributed by atoms with Gasteiger partial charge < -0.3 is 10.2 Å². The molecular formula is C14H21ClN2O3S. The molecule has 1 fully saturated rings. The summed E-state index contributed by atoms with van der Waals surface area (Å²) in [4.78, 5) is 13.6. The highest BCUT2D eigenvalue weighted by Crippen LogP contribution is 2.11. The number of carbonyl (C=O) groups excluding carboxylic acids is 1. The Kier molecular flexibility index (Phi) is 6.64. The Morgan fingerprint density at radius 3 is 2.38 bits per heavy atom. The van der Waals surface area contributed by atoms with E-state index in [2.05, 4.69) is 5.32 Å². The largest absolute Gasteiger partial charge is 0.340 e. The first-order valence-corrected chi connectivity index (χ1v) is 8.56. The maximum atomic E-state index is 12.0. The number of amides is 1. The number of hydrogen-bond acceptors (Lipinski definition) is 4. The maximum Gasteiger partial charge on any atom is 0.236 e.